The highest BCUT2D eigenvalue weighted by Gasteiger charge is 2.32. The highest BCUT2D eigenvalue weighted by atomic mass is 32.2. The smallest absolute Gasteiger partial charge is 0.254 e. The second kappa shape index (κ2) is 8.65. The van der Waals surface area contributed by atoms with Crippen molar-refractivity contribution in [1.29, 1.82) is 0 Å². The maximum atomic E-state index is 13.2. The number of nitrogens with zero attached hydrogens (tertiary/aromatic N) is 4. The summed E-state index contributed by atoms with van der Waals surface area (Å²) in [6.45, 7) is 4.82. The van der Waals surface area contributed by atoms with Gasteiger partial charge in [-0.05, 0) is 38.5 Å². The molecule has 30 heavy (non-hydrogen) atoms. The lowest BCUT2D eigenvalue weighted by molar-refractivity contribution is 0.0764. The quantitative estimate of drug-likeness (QED) is 0.707. The van der Waals surface area contributed by atoms with E-state index in [-0.39, 0.29) is 17.3 Å². The SMILES string of the molecule is COc1ccc(C(=O)N2CCCN(S(=O)(=O)c3c(C)nn(C)c3C)CC2)cc1OC. The summed E-state index contributed by atoms with van der Waals surface area (Å²) < 4.78 is 40.0. The van der Waals surface area contributed by atoms with Gasteiger partial charge in [0.25, 0.3) is 5.91 Å². The van der Waals surface area contributed by atoms with Gasteiger partial charge in [-0.3, -0.25) is 9.48 Å². The van der Waals surface area contributed by atoms with Crippen molar-refractivity contribution in [2.24, 2.45) is 7.05 Å². The molecule has 1 fully saturated rings. The third kappa shape index (κ3) is 4.01. The maximum Gasteiger partial charge on any atom is 0.254 e. The Bertz CT molecular complexity index is 1050. The zero-order valence-corrected chi connectivity index (χ0v) is 18.8. The molecule has 2 heterocycles. The lowest BCUT2D eigenvalue weighted by atomic mass is 10.1. The average Bonchev–Trinajstić information content (AvgIpc) is 2.90. The van der Waals surface area contributed by atoms with Crippen LogP contribution >= 0.6 is 0 Å². The predicted octanol–water partition coefficient (Wildman–Crippen LogP) is 1.59. The van der Waals surface area contributed by atoms with Gasteiger partial charge in [0.1, 0.15) is 4.90 Å². The lowest BCUT2D eigenvalue weighted by Gasteiger charge is -2.22. The Morgan fingerprint density at radius 2 is 1.73 bits per heavy atom. The van der Waals surface area contributed by atoms with E-state index in [1.807, 2.05) is 0 Å². The zero-order valence-electron chi connectivity index (χ0n) is 18.0. The molecule has 1 aliphatic rings. The molecule has 2 aromatic rings. The van der Waals surface area contributed by atoms with Crippen LogP contribution in [0.4, 0.5) is 0 Å². The Hall–Kier alpha value is -2.59. The van der Waals surface area contributed by atoms with E-state index in [9.17, 15) is 13.2 Å². The molecule has 0 bridgehead atoms. The minimum atomic E-state index is -3.68. The fraction of sp³-hybridized carbons (Fsp3) is 0.500. The number of aromatic nitrogens is 2. The minimum absolute atomic E-state index is 0.163. The lowest BCUT2D eigenvalue weighted by Crippen LogP contribution is -2.37. The highest BCUT2D eigenvalue weighted by molar-refractivity contribution is 7.89. The van der Waals surface area contributed by atoms with E-state index < -0.39 is 10.0 Å². The summed E-state index contributed by atoms with van der Waals surface area (Å²) in [7, 11) is 1.10. The normalized spacial score (nSPS) is 15.7. The molecule has 10 heteroatoms. The number of hydrogen-bond donors (Lipinski definition) is 0. The standard InChI is InChI=1S/C20H28N4O5S/c1-14-19(15(2)22(3)21-14)30(26,27)24-10-6-9-23(11-12-24)20(25)16-7-8-17(28-4)18(13-16)29-5/h7-8,13H,6,9-12H2,1-5H3. The van der Waals surface area contributed by atoms with Crippen LogP contribution in [-0.2, 0) is 17.1 Å². The number of hydrogen-bond acceptors (Lipinski definition) is 6. The summed E-state index contributed by atoms with van der Waals surface area (Å²) >= 11 is 0. The van der Waals surface area contributed by atoms with Gasteiger partial charge >= 0.3 is 0 Å². The molecular weight excluding hydrogens is 408 g/mol. The third-order valence-electron chi connectivity index (χ3n) is 5.41. The topological polar surface area (TPSA) is 94.0 Å². The molecule has 1 aliphatic heterocycles. The van der Waals surface area contributed by atoms with Crippen LogP contribution in [0.15, 0.2) is 23.1 Å². The first-order valence-corrected chi connectivity index (χ1v) is 11.2. The molecule has 0 aliphatic carbocycles. The summed E-state index contributed by atoms with van der Waals surface area (Å²) in [6, 6.07) is 5.02. The van der Waals surface area contributed by atoms with E-state index >= 15 is 0 Å². The molecule has 1 aromatic carbocycles. The van der Waals surface area contributed by atoms with Crippen molar-refractivity contribution < 1.29 is 22.7 Å². The largest absolute Gasteiger partial charge is 0.493 e. The van der Waals surface area contributed by atoms with Crippen molar-refractivity contribution in [2.75, 3.05) is 40.4 Å². The van der Waals surface area contributed by atoms with Crippen molar-refractivity contribution in [3.05, 3.63) is 35.2 Å². The summed E-state index contributed by atoms with van der Waals surface area (Å²) in [5.74, 6) is 0.859. The summed E-state index contributed by atoms with van der Waals surface area (Å²) in [6.07, 6.45) is 0.552. The molecule has 0 unspecified atom stereocenters. The van der Waals surface area contributed by atoms with Crippen molar-refractivity contribution >= 4 is 15.9 Å². The van der Waals surface area contributed by atoms with Crippen LogP contribution in [0.25, 0.3) is 0 Å². The van der Waals surface area contributed by atoms with Crippen molar-refractivity contribution in [3.63, 3.8) is 0 Å². The number of amides is 1. The van der Waals surface area contributed by atoms with E-state index in [0.717, 1.165) is 0 Å². The van der Waals surface area contributed by atoms with E-state index in [4.69, 9.17) is 9.47 Å². The van der Waals surface area contributed by atoms with Crippen LogP contribution in [0.3, 0.4) is 0 Å². The van der Waals surface area contributed by atoms with Gasteiger partial charge in [0.15, 0.2) is 11.5 Å². The fourth-order valence-corrected chi connectivity index (χ4v) is 5.61. The molecule has 1 aromatic heterocycles. The van der Waals surface area contributed by atoms with E-state index in [0.29, 0.717) is 54.5 Å². The van der Waals surface area contributed by atoms with E-state index in [2.05, 4.69) is 5.10 Å². The highest BCUT2D eigenvalue weighted by Crippen LogP contribution is 2.29. The first-order chi connectivity index (χ1) is 14.2. The van der Waals surface area contributed by atoms with Gasteiger partial charge in [0, 0.05) is 38.8 Å². The molecule has 0 spiro atoms. The maximum absolute atomic E-state index is 13.2. The van der Waals surface area contributed by atoms with Gasteiger partial charge in [-0.25, -0.2) is 8.42 Å². The van der Waals surface area contributed by atoms with Gasteiger partial charge in [-0.1, -0.05) is 0 Å². The molecule has 164 valence electrons. The van der Waals surface area contributed by atoms with E-state index in [1.54, 1.807) is 48.7 Å². The van der Waals surface area contributed by atoms with Gasteiger partial charge < -0.3 is 14.4 Å². The molecule has 3 rings (SSSR count). The molecule has 1 amide bonds. The number of sulfonamides is 1. The molecule has 9 nitrogen and oxygen atoms in total. The first-order valence-electron chi connectivity index (χ1n) is 9.72. The zero-order chi connectivity index (χ0) is 22.1. The number of benzene rings is 1. The number of aryl methyl sites for hydroxylation is 2. The van der Waals surface area contributed by atoms with Crippen LogP contribution in [0.1, 0.15) is 28.2 Å². The van der Waals surface area contributed by atoms with E-state index in [1.165, 1.54) is 18.5 Å². The number of carbonyl (C=O) groups excluding carboxylic acids is 1. The number of ether oxygens (including phenoxy) is 2. The van der Waals surface area contributed by atoms with Gasteiger partial charge in [-0.15, -0.1) is 0 Å². The Morgan fingerprint density at radius 3 is 2.33 bits per heavy atom. The van der Waals surface area contributed by atoms with Gasteiger partial charge in [-0.2, -0.15) is 9.40 Å². The van der Waals surface area contributed by atoms with Gasteiger partial charge in [0.2, 0.25) is 10.0 Å². The van der Waals surface area contributed by atoms with Crippen LogP contribution in [0.5, 0.6) is 11.5 Å². The Labute approximate surface area is 177 Å². The molecule has 0 atom stereocenters. The molecule has 0 N–H and O–H groups in total. The van der Waals surface area contributed by atoms with Crippen LogP contribution < -0.4 is 9.47 Å². The first kappa shape index (κ1) is 22.1. The molecule has 0 radical (unpaired) electrons. The second-order valence-corrected chi connectivity index (χ2v) is 9.12. The van der Waals surface area contributed by atoms with Crippen molar-refractivity contribution in [1.82, 2.24) is 19.0 Å². The minimum Gasteiger partial charge on any atom is -0.493 e. The molecular formula is C20H28N4O5S. The van der Waals surface area contributed by atoms with Crippen LogP contribution in [-0.4, -0.2) is 73.7 Å². The summed E-state index contributed by atoms with van der Waals surface area (Å²) in [4.78, 5) is 14.9. The predicted molar refractivity (Wildman–Crippen MR) is 112 cm³/mol. The summed E-state index contributed by atoms with van der Waals surface area (Å²) in [5, 5.41) is 4.23. The van der Waals surface area contributed by atoms with Gasteiger partial charge in [0.05, 0.1) is 25.6 Å². The molecule has 0 saturated carbocycles. The Morgan fingerprint density at radius 1 is 1.03 bits per heavy atom. The van der Waals surface area contributed by atoms with Crippen molar-refractivity contribution in [2.45, 2.75) is 25.2 Å². The third-order valence-corrected chi connectivity index (χ3v) is 7.56. The summed E-state index contributed by atoms with van der Waals surface area (Å²) in [5.41, 5.74) is 1.57. The average molecular weight is 437 g/mol. The number of rotatable bonds is 5. The van der Waals surface area contributed by atoms with Crippen molar-refractivity contribution in [3.8, 4) is 11.5 Å². The Balaban J connectivity index is 1.79. The monoisotopic (exact) mass is 436 g/mol. The Kier molecular flexibility index (Phi) is 6.37. The number of methoxy groups -OCH3 is 2. The van der Waals surface area contributed by atoms with Crippen LogP contribution in [0.2, 0.25) is 0 Å². The number of carbonyl (C=O) groups is 1. The fourth-order valence-electron chi connectivity index (χ4n) is 3.75. The van der Waals surface area contributed by atoms with Crippen LogP contribution in [0, 0.1) is 13.8 Å². The molecule has 1 saturated heterocycles. The second-order valence-electron chi connectivity index (χ2n) is 7.24.